The van der Waals surface area contributed by atoms with Crippen molar-refractivity contribution in [1.29, 1.82) is 0 Å². The van der Waals surface area contributed by atoms with E-state index < -0.39 is 0 Å². The zero-order chi connectivity index (χ0) is 15.4. The number of rotatable bonds is 5. The summed E-state index contributed by atoms with van der Waals surface area (Å²) in [5.41, 5.74) is 3.75. The molecular weight excluding hydrogens is 265 g/mol. The molecule has 0 aromatic heterocycles. The van der Waals surface area contributed by atoms with Crippen LogP contribution in [0.1, 0.15) is 30.5 Å². The molecule has 0 aliphatic carbocycles. The summed E-state index contributed by atoms with van der Waals surface area (Å²) in [5, 5.41) is 3.33. The van der Waals surface area contributed by atoms with E-state index in [-0.39, 0.29) is 11.9 Å². The molecule has 0 bridgehead atoms. The fraction of sp³-hybridized carbons (Fsp3) is 0.333. The van der Waals surface area contributed by atoms with Crippen LogP contribution in [0.15, 0.2) is 36.4 Å². The lowest BCUT2D eigenvalue weighted by molar-refractivity contribution is 0.242. The van der Waals surface area contributed by atoms with Crippen molar-refractivity contribution in [2.24, 2.45) is 0 Å². The van der Waals surface area contributed by atoms with Gasteiger partial charge in [-0.1, -0.05) is 12.1 Å². The quantitative estimate of drug-likeness (QED) is 0.849. The summed E-state index contributed by atoms with van der Waals surface area (Å²) in [6.07, 6.45) is 0.166. The van der Waals surface area contributed by atoms with Crippen molar-refractivity contribution in [2.45, 2.75) is 40.3 Å². The Morgan fingerprint density at radius 2 is 1.81 bits per heavy atom. The minimum absolute atomic E-state index is 0.160. The third kappa shape index (κ3) is 4.22. The number of ether oxygens (including phenoxy) is 1. The summed E-state index contributed by atoms with van der Waals surface area (Å²) in [4.78, 5) is 0. The SMILES string of the molecule is Cc1ccc(CNc2ccc(OC(C)C)cc2C)cc1F. The molecule has 0 aliphatic rings. The van der Waals surface area contributed by atoms with Crippen LogP contribution in [0.25, 0.3) is 0 Å². The third-order valence-electron chi connectivity index (χ3n) is 3.29. The zero-order valence-electron chi connectivity index (χ0n) is 13.0. The van der Waals surface area contributed by atoms with Crippen molar-refractivity contribution in [2.75, 3.05) is 5.32 Å². The van der Waals surface area contributed by atoms with Gasteiger partial charge in [0, 0.05) is 12.2 Å². The molecule has 0 aliphatic heterocycles. The predicted molar refractivity (Wildman–Crippen MR) is 85.4 cm³/mol. The number of hydrogen-bond acceptors (Lipinski definition) is 2. The minimum atomic E-state index is -0.160. The number of aryl methyl sites for hydroxylation is 2. The van der Waals surface area contributed by atoms with Gasteiger partial charge in [-0.2, -0.15) is 0 Å². The Morgan fingerprint density at radius 3 is 2.43 bits per heavy atom. The molecule has 0 radical (unpaired) electrons. The Balaban J connectivity index is 2.04. The van der Waals surface area contributed by atoms with E-state index in [0.717, 1.165) is 22.6 Å². The Kier molecular flexibility index (Phi) is 4.84. The van der Waals surface area contributed by atoms with E-state index in [2.05, 4.69) is 5.32 Å². The number of hydrogen-bond donors (Lipinski definition) is 1. The molecule has 2 nitrogen and oxygen atoms in total. The molecule has 2 aromatic carbocycles. The van der Waals surface area contributed by atoms with E-state index in [0.29, 0.717) is 12.1 Å². The van der Waals surface area contributed by atoms with Crippen LogP contribution in [0, 0.1) is 19.7 Å². The first-order valence-electron chi connectivity index (χ1n) is 7.22. The second-order valence-electron chi connectivity index (χ2n) is 5.58. The third-order valence-corrected chi connectivity index (χ3v) is 3.29. The van der Waals surface area contributed by atoms with Gasteiger partial charge in [0.15, 0.2) is 0 Å². The Hall–Kier alpha value is -2.03. The number of halogens is 1. The molecule has 2 aromatic rings. The summed E-state index contributed by atoms with van der Waals surface area (Å²) in [5.74, 6) is 0.709. The monoisotopic (exact) mass is 287 g/mol. The maximum absolute atomic E-state index is 13.5. The molecule has 1 N–H and O–H groups in total. The van der Waals surface area contributed by atoms with Gasteiger partial charge in [-0.25, -0.2) is 4.39 Å². The van der Waals surface area contributed by atoms with Crippen molar-refractivity contribution < 1.29 is 9.13 Å². The second-order valence-corrected chi connectivity index (χ2v) is 5.58. The molecular formula is C18H22FNO. The van der Waals surface area contributed by atoms with Gasteiger partial charge in [0.2, 0.25) is 0 Å². The van der Waals surface area contributed by atoms with E-state index in [9.17, 15) is 4.39 Å². The van der Waals surface area contributed by atoms with Crippen LogP contribution in [0.2, 0.25) is 0 Å². The van der Waals surface area contributed by atoms with Crippen LogP contribution in [0.5, 0.6) is 5.75 Å². The van der Waals surface area contributed by atoms with Gasteiger partial charge in [-0.05, 0) is 68.7 Å². The molecule has 0 saturated carbocycles. The lowest BCUT2D eigenvalue weighted by Gasteiger charge is -2.14. The molecule has 3 heteroatoms. The lowest BCUT2D eigenvalue weighted by atomic mass is 10.1. The van der Waals surface area contributed by atoms with Crippen molar-refractivity contribution in [3.8, 4) is 5.75 Å². The van der Waals surface area contributed by atoms with Crippen molar-refractivity contribution >= 4 is 5.69 Å². The first-order chi connectivity index (χ1) is 9.95. The summed E-state index contributed by atoms with van der Waals surface area (Å²) in [6.45, 7) is 8.42. The molecule has 112 valence electrons. The highest BCUT2D eigenvalue weighted by Crippen LogP contribution is 2.23. The Labute approximate surface area is 126 Å². The molecule has 0 heterocycles. The zero-order valence-corrected chi connectivity index (χ0v) is 13.0. The lowest BCUT2D eigenvalue weighted by Crippen LogP contribution is -2.06. The molecule has 2 rings (SSSR count). The largest absolute Gasteiger partial charge is 0.491 e. The van der Waals surface area contributed by atoms with Crippen LogP contribution < -0.4 is 10.1 Å². The Morgan fingerprint density at radius 1 is 1.05 bits per heavy atom. The van der Waals surface area contributed by atoms with Crippen LogP contribution in [0.3, 0.4) is 0 Å². The highest BCUT2D eigenvalue weighted by Gasteiger charge is 2.04. The van der Waals surface area contributed by atoms with Crippen LogP contribution in [-0.4, -0.2) is 6.10 Å². The molecule has 21 heavy (non-hydrogen) atoms. The van der Waals surface area contributed by atoms with E-state index in [1.807, 2.05) is 45.0 Å². The maximum atomic E-state index is 13.5. The molecule has 0 spiro atoms. The first-order valence-corrected chi connectivity index (χ1v) is 7.22. The summed E-state index contributed by atoms with van der Waals surface area (Å²) in [7, 11) is 0. The van der Waals surface area contributed by atoms with Gasteiger partial charge in [-0.15, -0.1) is 0 Å². The summed E-state index contributed by atoms with van der Waals surface area (Å²) >= 11 is 0. The Bertz CT molecular complexity index is 623. The van der Waals surface area contributed by atoms with Crippen LogP contribution in [-0.2, 0) is 6.54 Å². The number of benzene rings is 2. The molecule has 0 unspecified atom stereocenters. The molecule has 0 amide bonds. The van der Waals surface area contributed by atoms with Gasteiger partial charge >= 0.3 is 0 Å². The molecule has 0 atom stereocenters. The second kappa shape index (κ2) is 6.61. The normalized spacial score (nSPS) is 10.8. The molecule has 0 saturated heterocycles. The highest BCUT2D eigenvalue weighted by molar-refractivity contribution is 5.54. The van der Waals surface area contributed by atoms with E-state index in [4.69, 9.17) is 4.74 Å². The average molecular weight is 287 g/mol. The van der Waals surface area contributed by atoms with Gasteiger partial charge in [0.05, 0.1) is 6.10 Å². The fourth-order valence-corrected chi connectivity index (χ4v) is 2.12. The number of nitrogens with one attached hydrogen (secondary N) is 1. The first kappa shape index (κ1) is 15.4. The van der Waals surface area contributed by atoms with E-state index >= 15 is 0 Å². The van der Waals surface area contributed by atoms with Crippen LogP contribution >= 0.6 is 0 Å². The standard InChI is InChI=1S/C18H22FNO/c1-12(2)21-16-7-8-18(14(4)9-16)20-11-15-6-5-13(3)17(19)10-15/h5-10,12,20H,11H2,1-4H3. The number of anilines is 1. The van der Waals surface area contributed by atoms with Crippen LogP contribution in [0.4, 0.5) is 10.1 Å². The minimum Gasteiger partial charge on any atom is -0.491 e. The van der Waals surface area contributed by atoms with Crippen molar-refractivity contribution in [3.63, 3.8) is 0 Å². The topological polar surface area (TPSA) is 21.3 Å². The molecule has 0 fully saturated rings. The highest BCUT2D eigenvalue weighted by atomic mass is 19.1. The predicted octanol–water partition coefficient (Wildman–Crippen LogP) is 4.84. The smallest absolute Gasteiger partial charge is 0.126 e. The van der Waals surface area contributed by atoms with Gasteiger partial charge in [0.1, 0.15) is 11.6 Å². The van der Waals surface area contributed by atoms with E-state index in [1.54, 1.807) is 19.1 Å². The van der Waals surface area contributed by atoms with Crippen molar-refractivity contribution in [3.05, 3.63) is 58.9 Å². The summed E-state index contributed by atoms with van der Waals surface area (Å²) in [6, 6.07) is 11.3. The van der Waals surface area contributed by atoms with Crippen molar-refractivity contribution in [1.82, 2.24) is 0 Å². The summed E-state index contributed by atoms with van der Waals surface area (Å²) < 4.78 is 19.2. The average Bonchev–Trinajstić information content (AvgIpc) is 2.41. The maximum Gasteiger partial charge on any atom is 0.126 e. The van der Waals surface area contributed by atoms with Gasteiger partial charge < -0.3 is 10.1 Å². The van der Waals surface area contributed by atoms with E-state index in [1.165, 1.54) is 0 Å². The fourth-order valence-electron chi connectivity index (χ4n) is 2.12. The van der Waals surface area contributed by atoms with Gasteiger partial charge in [0.25, 0.3) is 0 Å². The van der Waals surface area contributed by atoms with Gasteiger partial charge in [-0.3, -0.25) is 0 Å².